The summed E-state index contributed by atoms with van der Waals surface area (Å²) in [7, 11) is 0. The Labute approximate surface area is 199 Å². The van der Waals surface area contributed by atoms with Gasteiger partial charge in [-0.05, 0) is 61.0 Å². The molecule has 35 heavy (non-hydrogen) atoms. The Morgan fingerprint density at radius 3 is 2.31 bits per heavy atom. The molecular formula is C26H20N4O5. The summed E-state index contributed by atoms with van der Waals surface area (Å²) >= 11 is 0. The summed E-state index contributed by atoms with van der Waals surface area (Å²) in [6, 6.07) is 18.2. The Hall–Kier alpha value is -4.79. The number of amides is 3. The molecule has 2 aromatic heterocycles. The lowest BCUT2D eigenvalue weighted by Gasteiger charge is -2.14. The van der Waals surface area contributed by atoms with Gasteiger partial charge in [0, 0.05) is 18.0 Å². The summed E-state index contributed by atoms with van der Waals surface area (Å²) in [4.78, 5) is 55.0. The standard InChI is InChI=1S/C26H20N4O5/c1-16-10-11-29-22(12-16)27-18(13-24(29)32)15-35-19-8-6-17(7-9-19)28-23(31)14-30-25(33)20-4-2-3-5-21(20)26(30)34/h2-13H,14-15H2,1H3,(H,28,31). The lowest BCUT2D eigenvalue weighted by molar-refractivity contribution is -0.116. The molecule has 2 aromatic carbocycles. The molecule has 1 N–H and O–H groups in total. The van der Waals surface area contributed by atoms with Crippen LogP contribution in [-0.2, 0) is 11.4 Å². The summed E-state index contributed by atoms with van der Waals surface area (Å²) in [6.45, 7) is 1.65. The van der Waals surface area contributed by atoms with Crippen molar-refractivity contribution < 1.29 is 19.1 Å². The van der Waals surface area contributed by atoms with Crippen LogP contribution in [-0.4, -0.2) is 38.6 Å². The van der Waals surface area contributed by atoms with Gasteiger partial charge >= 0.3 is 0 Å². The molecule has 174 valence electrons. The van der Waals surface area contributed by atoms with Gasteiger partial charge < -0.3 is 10.1 Å². The van der Waals surface area contributed by atoms with E-state index in [1.807, 2.05) is 19.1 Å². The number of hydrogen-bond donors (Lipinski definition) is 1. The van der Waals surface area contributed by atoms with E-state index in [1.165, 1.54) is 10.5 Å². The number of aromatic nitrogens is 2. The van der Waals surface area contributed by atoms with Crippen LogP contribution >= 0.6 is 0 Å². The topological polar surface area (TPSA) is 110 Å². The molecule has 0 fully saturated rings. The minimum absolute atomic E-state index is 0.102. The SMILES string of the molecule is Cc1ccn2c(=O)cc(COc3ccc(NC(=O)CN4C(=O)c5ccccc5C4=O)cc3)nc2c1. The van der Waals surface area contributed by atoms with Gasteiger partial charge in [-0.3, -0.25) is 28.5 Å². The zero-order valence-corrected chi connectivity index (χ0v) is 18.7. The second-order valence-electron chi connectivity index (χ2n) is 8.12. The third-order valence-electron chi connectivity index (χ3n) is 5.58. The van der Waals surface area contributed by atoms with Gasteiger partial charge in [0.2, 0.25) is 5.91 Å². The molecule has 0 bridgehead atoms. The number of nitrogens with zero attached hydrogens (tertiary/aromatic N) is 3. The van der Waals surface area contributed by atoms with Gasteiger partial charge in [0.25, 0.3) is 17.4 Å². The van der Waals surface area contributed by atoms with Crippen LogP contribution < -0.4 is 15.6 Å². The van der Waals surface area contributed by atoms with Crippen molar-refractivity contribution in [2.45, 2.75) is 13.5 Å². The van der Waals surface area contributed by atoms with Crippen LogP contribution in [0.15, 0.2) is 77.7 Å². The summed E-state index contributed by atoms with van der Waals surface area (Å²) in [5.74, 6) is -0.943. The van der Waals surface area contributed by atoms with E-state index in [1.54, 1.807) is 54.7 Å². The number of anilines is 1. The van der Waals surface area contributed by atoms with Gasteiger partial charge in [0.05, 0.1) is 16.8 Å². The average molecular weight is 468 g/mol. The normalized spacial score (nSPS) is 12.7. The van der Waals surface area contributed by atoms with Crippen molar-refractivity contribution in [3.63, 3.8) is 0 Å². The van der Waals surface area contributed by atoms with Gasteiger partial charge in [0.15, 0.2) is 0 Å². The van der Waals surface area contributed by atoms with Crippen molar-refractivity contribution in [1.82, 2.24) is 14.3 Å². The third kappa shape index (κ3) is 4.39. The molecule has 0 spiro atoms. The zero-order chi connectivity index (χ0) is 24.5. The number of fused-ring (bicyclic) bond motifs is 2. The highest BCUT2D eigenvalue weighted by atomic mass is 16.5. The van der Waals surface area contributed by atoms with Gasteiger partial charge in [-0.2, -0.15) is 0 Å². The summed E-state index contributed by atoms with van der Waals surface area (Å²) in [5, 5.41) is 2.67. The van der Waals surface area contributed by atoms with E-state index >= 15 is 0 Å². The highest BCUT2D eigenvalue weighted by Gasteiger charge is 2.36. The molecular weight excluding hydrogens is 448 g/mol. The number of benzene rings is 2. The Bertz CT molecular complexity index is 1510. The Kier molecular flexibility index (Phi) is 5.58. The number of pyridine rings is 1. The highest BCUT2D eigenvalue weighted by Crippen LogP contribution is 2.22. The smallest absolute Gasteiger partial charge is 0.262 e. The second kappa shape index (κ2) is 8.86. The maximum Gasteiger partial charge on any atom is 0.262 e. The quantitative estimate of drug-likeness (QED) is 0.436. The van der Waals surface area contributed by atoms with E-state index in [-0.39, 0.29) is 18.7 Å². The first-order valence-corrected chi connectivity index (χ1v) is 10.9. The highest BCUT2D eigenvalue weighted by molar-refractivity contribution is 6.22. The molecule has 9 heteroatoms. The maximum atomic E-state index is 12.4. The lowest BCUT2D eigenvalue weighted by Crippen LogP contribution is -2.37. The molecule has 0 saturated heterocycles. The predicted octanol–water partition coefficient (Wildman–Crippen LogP) is 2.82. The average Bonchev–Trinajstić information content (AvgIpc) is 3.08. The molecule has 3 amide bonds. The van der Waals surface area contributed by atoms with Crippen LogP contribution in [0.2, 0.25) is 0 Å². The second-order valence-corrected chi connectivity index (χ2v) is 8.12. The monoisotopic (exact) mass is 468 g/mol. The van der Waals surface area contributed by atoms with Crippen LogP contribution in [0.25, 0.3) is 5.65 Å². The van der Waals surface area contributed by atoms with E-state index in [2.05, 4.69) is 10.3 Å². The number of hydrogen-bond acceptors (Lipinski definition) is 6. The summed E-state index contributed by atoms with van der Waals surface area (Å²) in [5.41, 5.74) is 2.93. The number of carbonyl (C=O) groups is 3. The zero-order valence-electron chi connectivity index (χ0n) is 18.7. The van der Waals surface area contributed by atoms with Gasteiger partial charge in [-0.15, -0.1) is 0 Å². The minimum atomic E-state index is -0.496. The fourth-order valence-corrected chi connectivity index (χ4v) is 3.85. The van der Waals surface area contributed by atoms with Crippen LogP contribution in [0.3, 0.4) is 0 Å². The first-order valence-electron chi connectivity index (χ1n) is 10.9. The molecule has 0 radical (unpaired) electrons. The van der Waals surface area contributed by atoms with E-state index in [4.69, 9.17) is 4.74 Å². The lowest BCUT2D eigenvalue weighted by atomic mass is 10.1. The van der Waals surface area contributed by atoms with Gasteiger partial charge in [0.1, 0.15) is 24.5 Å². The molecule has 0 saturated carbocycles. The molecule has 0 aliphatic carbocycles. The Morgan fingerprint density at radius 2 is 1.63 bits per heavy atom. The van der Waals surface area contributed by atoms with Crippen LogP contribution in [0.5, 0.6) is 5.75 Å². The van der Waals surface area contributed by atoms with Crippen molar-refractivity contribution in [2.75, 3.05) is 11.9 Å². The van der Waals surface area contributed by atoms with E-state index in [0.717, 1.165) is 10.5 Å². The fraction of sp³-hybridized carbons (Fsp3) is 0.115. The van der Waals surface area contributed by atoms with Gasteiger partial charge in [-0.1, -0.05) is 12.1 Å². The summed E-state index contributed by atoms with van der Waals surface area (Å²) in [6.07, 6.45) is 1.69. The Balaban J connectivity index is 1.19. The molecule has 4 aromatic rings. The van der Waals surface area contributed by atoms with E-state index in [0.29, 0.717) is 33.9 Å². The number of imide groups is 1. The van der Waals surface area contributed by atoms with Crippen molar-refractivity contribution in [3.8, 4) is 5.75 Å². The van der Waals surface area contributed by atoms with Crippen LogP contribution in [0.4, 0.5) is 5.69 Å². The minimum Gasteiger partial charge on any atom is -0.487 e. The van der Waals surface area contributed by atoms with Crippen molar-refractivity contribution in [3.05, 3.63) is 106 Å². The molecule has 0 atom stereocenters. The maximum absolute atomic E-state index is 12.4. The molecule has 9 nitrogen and oxygen atoms in total. The molecule has 3 heterocycles. The first kappa shape index (κ1) is 22.0. The molecule has 1 aliphatic heterocycles. The number of nitrogens with one attached hydrogen (secondary N) is 1. The van der Waals surface area contributed by atoms with E-state index < -0.39 is 17.7 Å². The van der Waals surface area contributed by atoms with Crippen molar-refractivity contribution in [1.29, 1.82) is 0 Å². The Morgan fingerprint density at radius 1 is 0.943 bits per heavy atom. The number of rotatable bonds is 6. The first-order chi connectivity index (χ1) is 16.9. The summed E-state index contributed by atoms with van der Waals surface area (Å²) < 4.78 is 7.21. The van der Waals surface area contributed by atoms with Crippen LogP contribution in [0.1, 0.15) is 32.0 Å². The van der Waals surface area contributed by atoms with Gasteiger partial charge in [-0.25, -0.2) is 4.98 Å². The van der Waals surface area contributed by atoms with Crippen molar-refractivity contribution >= 4 is 29.1 Å². The third-order valence-corrected chi connectivity index (χ3v) is 5.58. The van der Waals surface area contributed by atoms with Crippen molar-refractivity contribution in [2.24, 2.45) is 0 Å². The largest absolute Gasteiger partial charge is 0.487 e. The number of ether oxygens (including phenoxy) is 1. The number of aryl methyl sites for hydroxylation is 1. The van der Waals surface area contributed by atoms with Crippen LogP contribution in [0, 0.1) is 6.92 Å². The predicted molar refractivity (Wildman–Crippen MR) is 127 cm³/mol. The molecule has 0 unspecified atom stereocenters. The molecule has 1 aliphatic rings. The van der Waals surface area contributed by atoms with E-state index in [9.17, 15) is 19.2 Å². The fourth-order valence-electron chi connectivity index (χ4n) is 3.85. The molecule has 5 rings (SSSR count). The number of carbonyl (C=O) groups excluding carboxylic acids is 3.